The molecule has 0 saturated carbocycles. The standard InChI is InChI=1S/C9H9BrO3S/c10-7-3-1-2-4-8(7)14(13)6-5-9(11)12/h1-4H,5-6H2,(H,11,12). The summed E-state index contributed by atoms with van der Waals surface area (Å²) < 4.78 is 12.3. The van der Waals surface area contributed by atoms with Gasteiger partial charge in [0.2, 0.25) is 0 Å². The number of carboxylic acids is 1. The molecule has 0 amide bonds. The van der Waals surface area contributed by atoms with Crippen LogP contribution in [0.1, 0.15) is 6.42 Å². The van der Waals surface area contributed by atoms with Crippen molar-refractivity contribution in [2.24, 2.45) is 0 Å². The second-order valence-corrected chi connectivity index (χ2v) is 5.02. The van der Waals surface area contributed by atoms with Crippen molar-refractivity contribution < 1.29 is 14.1 Å². The Morgan fingerprint density at radius 1 is 1.43 bits per heavy atom. The Labute approximate surface area is 92.7 Å². The van der Waals surface area contributed by atoms with Crippen LogP contribution in [-0.4, -0.2) is 21.0 Å². The largest absolute Gasteiger partial charge is 0.481 e. The lowest BCUT2D eigenvalue weighted by atomic mass is 10.4. The first-order chi connectivity index (χ1) is 6.61. The van der Waals surface area contributed by atoms with Crippen molar-refractivity contribution in [2.45, 2.75) is 11.3 Å². The molecule has 0 aliphatic carbocycles. The van der Waals surface area contributed by atoms with E-state index in [1.807, 2.05) is 6.07 Å². The van der Waals surface area contributed by atoms with Gasteiger partial charge in [-0.2, -0.15) is 0 Å². The molecule has 0 bridgehead atoms. The van der Waals surface area contributed by atoms with E-state index in [2.05, 4.69) is 15.9 Å². The molecule has 5 heteroatoms. The highest BCUT2D eigenvalue weighted by Crippen LogP contribution is 2.19. The first-order valence-corrected chi connectivity index (χ1v) is 6.07. The molecule has 1 aromatic carbocycles. The zero-order chi connectivity index (χ0) is 10.6. The van der Waals surface area contributed by atoms with E-state index in [1.165, 1.54) is 0 Å². The Hall–Kier alpha value is -0.680. The lowest BCUT2D eigenvalue weighted by Gasteiger charge is -2.02. The Morgan fingerprint density at radius 2 is 2.07 bits per heavy atom. The summed E-state index contributed by atoms with van der Waals surface area (Å²) in [5, 5.41) is 8.43. The van der Waals surface area contributed by atoms with E-state index in [0.717, 1.165) is 4.47 Å². The van der Waals surface area contributed by atoms with Gasteiger partial charge >= 0.3 is 5.97 Å². The van der Waals surface area contributed by atoms with Crippen LogP contribution in [-0.2, 0) is 15.6 Å². The molecule has 0 fully saturated rings. The second-order valence-electron chi connectivity index (χ2n) is 2.62. The molecule has 0 saturated heterocycles. The molecule has 1 rings (SSSR count). The van der Waals surface area contributed by atoms with E-state index in [4.69, 9.17) is 5.11 Å². The average Bonchev–Trinajstić information content (AvgIpc) is 2.15. The maximum atomic E-state index is 11.6. The fourth-order valence-electron chi connectivity index (χ4n) is 0.919. The van der Waals surface area contributed by atoms with Crippen molar-refractivity contribution in [2.75, 3.05) is 5.75 Å². The van der Waals surface area contributed by atoms with Gasteiger partial charge in [-0.05, 0) is 28.1 Å². The highest BCUT2D eigenvalue weighted by Gasteiger charge is 2.09. The molecule has 1 unspecified atom stereocenters. The maximum absolute atomic E-state index is 11.6. The van der Waals surface area contributed by atoms with E-state index in [0.29, 0.717) is 4.90 Å². The van der Waals surface area contributed by atoms with Crippen molar-refractivity contribution in [3.63, 3.8) is 0 Å². The molecule has 0 aromatic heterocycles. The number of aliphatic carboxylic acids is 1. The molecule has 1 N–H and O–H groups in total. The summed E-state index contributed by atoms with van der Waals surface area (Å²) >= 11 is 3.26. The van der Waals surface area contributed by atoms with E-state index >= 15 is 0 Å². The van der Waals surface area contributed by atoms with Crippen molar-refractivity contribution in [1.29, 1.82) is 0 Å². The molecule has 0 heterocycles. The Morgan fingerprint density at radius 3 is 2.64 bits per heavy atom. The molecule has 14 heavy (non-hydrogen) atoms. The van der Waals surface area contributed by atoms with Crippen LogP contribution in [0.4, 0.5) is 0 Å². The molecule has 3 nitrogen and oxygen atoms in total. The summed E-state index contributed by atoms with van der Waals surface area (Å²) in [6.07, 6.45) is -0.0755. The van der Waals surface area contributed by atoms with Crippen LogP contribution < -0.4 is 0 Å². The predicted octanol–water partition coefficient (Wildman–Crippen LogP) is 2.03. The summed E-state index contributed by atoms with van der Waals surface area (Å²) in [6, 6.07) is 7.11. The Bertz CT molecular complexity index is 365. The quantitative estimate of drug-likeness (QED) is 0.916. The number of carbonyl (C=O) groups is 1. The summed E-state index contributed by atoms with van der Waals surface area (Å²) in [5.74, 6) is -0.775. The van der Waals surface area contributed by atoms with Gasteiger partial charge in [0.05, 0.1) is 22.1 Å². The summed E-state index contributed by atoms with van der Waals surface area (Å²) in [6.45, 7) is 0. The van der Waals surface area contributed by atoms with Gasteiger partial charge in [0.15, 0.2) is 0 Å². The third kappa shape index (κ3) is 3.23. The average molecular weight is 277 g/mol. The van der Waals surface area contributed by atoms with Gasteiger partial charge in [0.25, 0.3) is 0 Å². The SMILES string of the molecule is O=C(O)CCS(=O)c1ccccc1Br. The normalized spacial score (nSPS) is 12.4. The zero-order valence-electron chi connectivity index (χ0n) is 7.27. The van der Waals surface area contributed by atoms with E-state index in [9.17, 15) is 9.00 Å². The summed E-state index contributed by atoms with van der Waals surface area (Å²) in [5.41, 5.74) is 0. The number of hydrogen-bond acceptors (Lipinski definition) is 2. The van der Waals surface area contributed by atoms with Crippen molar-refractivity contribution in [3.8, 4) is 0 Å². The van der Waals surface area contributed by atoms with E-state index in [-0.39, 0.29) is 12.2 Å². The number of benzene rings is 1. The van der Waals surface area contributed by atoms with Gasteiger partial charge in [0, 0.05) is 10.2 Å². The van der Waals surface area contributed by atoms with Gasteiger partial charge in [0.1, 0.15) is 0 Å². The minimum Gasteiger partial charge on any atom is -0.481 e. The lowest BCUT2D eigenvalue weighted by Crippen LogP contribution is -2.05. The number of rotatable bonds is 4. The minimum absolute atomic E-state index is 0.0755. The second kappa shape index (κ2) is 5.26. The van der Waals surface area contributed by atoms with Crippen LogP contribution >= 0.6 is 15.9 Å². The van der Waals surface area contributed by atoms with Crippen molar-refractivity contribution in [3.05, 3.63) is 28.7 Å². The monoisotopic (exact) mass is 276 g/mol. The zero-order valence-corrected chi connectivity index (χ0v) is 9.68. The maximum Gasteiger partial charge on any atom is 0.304 e. The molecule has 0 radical (unpaired) electrons. The minimum atomic E-state index is -1.24. The highest BCUT2D eigenvalue weighted by atomic mass is 79.9. The topological polar surface area (TPSA) is 54.4 Å². The molecule has 0 aliphatic heterocycles. The summed E-state index contributed by atoms with van der Waals surface area (Å²) in [4.78, 5) is 10.9. The van der Waals surface area contributed by atoms with Crippen LogP contribution in [0.15, 0.2) is 33.6 Å². The van der Waals surface area contributed by atoms with Crippen LogP contribution in [0.5, 0.6) is 0 Å². The molecule has 76 valence electrons. The molecule has 1 atom stereocenters. The fraction of sp³-hybridized carbons (Fsp3) is 0.222. The van der Waals surface area contributed by atoms with E-state index in [1.54, 1.807) is 18.2 Å². The van der Waals surface area contributed by atoms with Crippen molar-refractivity contribution >= 4 is 32.7 Å². The fourth-order valence-corrected chi connectivity index (χ4v) is 2.84. The number of carboxylic acid groups (broad SMARTS) is 1. The first-order valence-electron chi connectivity index (χ1n) is 3.96. The van der Waals surface area contributed by atoms with Gasteiger partial charge in [-0.25, -0.2) is 0 Å². The lowest BCUT2D eigenvalue weighted by molar-refractivity contribution is -0.136. The van der Waals surface area contributed by atoms with Crippen LogP contribution in [0, 0.1) is 0 Å². The van der Waals surface area contributed by atoms with Crippen LogP contribution in [0.25, 0.3) is 0 Å². The molecular weight excluding hydrogens is 268 g/mol. The smallest absolute Gasteiger partial charge is 0.304 e. The van der Waals surface area contributed by atoms with Gasteiger partial charge in [-0.3, -0.25) is 9.00 Å². The molecule has 0 aliphatic rings. The third-order valence-electron chi connectivity index (χ3n) is 1.58. The first kappa shape index (κ1) is 11.4. The summed E-state index contributed by atoms with van der Waals surface area (Å²) in [7, 11) is -1.24. The van der Waals surface area contributed by atoms with Gasteiger partial charge in [-0.1, -0.05) is 12.1 Å². The Balaban J connectivity index is 2.70. The van der Waals surface area contributed by atoms with E-state index < -0.39 is 16.8 Å². The highest BCUT2D eigenvalue weighted by molar-refractivity contribution is 9.10. The Kier molecular flexibility index (Phi) is 4.28. The molecule has 1 aromatic rings. The predicted molar refractivity (Wildman–Crippen MR) is 57.7 cm³/mol. The molecular formula is C9H9BrO3S. The van der Waals surface area contributed by atoms with Crippen molar-refractivity contribution in [1.82, 2.24) is 0 Å². The third-order valence-corrected chi connectivity index (χ3v) is 3.96. The van der Waals surface area contributed by atoms with Gasteiger partial charge in [-0.15, -0.1) is 0 Å². The van der Waals surface area contributed by atoms with Crippen LogP contribution in [0.3, 0.4) is 0 Å². The van der Waals surface area contributed by atoms with Gasteiger partial charge < -0.3 is 5.11 Å². The number of halogens is 1. The number of hydrogen-bond donors (Lipinski definition) is 1. The van der Waals surface area contributed by atoms with Crippen LogP contribution in [0.2, 0.25) is 0 Å². The molecule has 0 spiro atoms.